The summed E-state index contributed by atoms with van der Waals surface area (Å²) >= 11 is 0. The SMILES string of the molecule is Cc1ccc(NC(=O)[C@@H]2CCCCN2C(=O)O)cc1. The van der Waals surface area contributed by atoms with Crippen LogP contribution < -0.4 is 5.32 Å². The lowest BCUT2D eigenvalue weighted by Crippen LogP contribution is -2.49. The number of aryl methyl sites for hydroxylation is 1. The summed E-state index contributed by atoms with van der Waals surface area (Å²) in [6.07, 6.45) is 1.27. The van der Waals surface area contributed by atoms with Crippen LogP contribution in [0.1, 0.15) is 24.8 Å². The predicted molar refractivity (Wildman–Crippen MR) is 72.2 cm³/mol. The third-order valence-corrected chi connectivity index (χ3v) is 3.37. The maximum atomic E-state index is 12.2. The summed E-state index contributed by atoms with van der Waals surface area (Å²) in [5.41, 5.74) is 1.81. The standard InChI is InChI=1S/C14H18N2O3/c1-10-5-7-11(8-6-10)15-13(17)12-4-2-3-9-16(12)14(18)19/h5-8,12H,2-4,9H2,1H3,(H,15,17)(H,18,19)/t12-/m0/s1. The topological polar surface area (TPSA) is 69.6 Å². The van der Waals surface area contributed by atoms with E-state index in [9.17, 15) is 9.59 Å². The van der Waals surface area contributed by atoms with Crippen LogP contribution >= 0.6 is 0 Å². The smallest absolute Gasteiger partial charge is 0.407 e. The summed E-state index contributed by atoms with van der Waals surface area (Å²) in [7, 11) is 0. The van der Waals surface area contributed by atoms with E-state index in [1.54, 1.807) is 0 Å². The van der Waals surface area contributed by atoms with Gasteiger partial charge in [-0.3, -0.25) is 9.69 Å². The fourth-order valence-electron chi connectivity index (χ4n) is 2.30. The second kappa shape index (κ2) is 5.73. The van der Waals surface area contributed by atoms with Gasteiger partial charge in [0.25, 0.3) is 0 Å². The molecular weight excluding hydrogens is 244 g/mol. The molecule has 1 aliphatic rings. The third kappa shape index (κ3) is 3.24. The number of carbonyl (C=O) groups is 2. The van der Waals surface area contributed by atoms with Gasteiger partial charge in [-0.05, 0) is 38.3 Å². The lowest BCUT2D eigenvalue weighted by molar-refractivity contribution is -0.121. The van der Waals surface area contributed by atoms with Gasteiger partial charge in [-0.25, -0.2) is 4.79 Å². The van der Waals surface area contributed by atoms with Crippen molar-refractivity contribution in [3.05, 3.63) is 29.8 Å². The zero-order valence-corrected chi connectivity index (χ0v) is 10.9. The molecule has 5 nitrogen and oxygen atoms in total. The summed E-state index contributed by atoms with van der Waals surface area (Å²) in [6, 6.07) is 6.88. The highest BCUT2D eigenvalue weighted by Crippen LogP contribution is 2.19. The number of likely N-dealkylation sites (tertiary alicyclic amines) is 1. The number of anilines is 1. The van der Waals surface area contributed by atoms with Crippen molar-refractivity contribution in [1.29, 1.82) is 0 Å². The second-order valence-electron chi connectivity index (χ2n) is 4.84. The molecule has 1 aromatic carbocycles. The number of hydrogen-bond donors (Lipinski definition) is 2. The van der Waals surface area contributed by atoms with Crippen molar-refractivity contribution >= 4 is 17.7 Å². The minimum atomic E-state index is -1.02. The maximum absolute atomic E-state index is 12.2. The van der Waals surface area contributed by atoms with Gasteiger partial charge in [-0.1, -0.05) is 17.7 Å². The molecule has 0 bridgehead atoms. The Morgan fingerprint density at radius 1 is 1.26 bits per heavy atom. The van der Waals surface area contributed by atoms with Gasteiger partial charge in [0.05, 0.1) is 0 Å². The van der Waals surface area contributed by atoms with E-state index in [1.807, 2.05) is 31.2 Å². The van der Waals surface area contributed by atoms with Crippen molar-refractivity contribution < 1.29 is 14.7 Å². The number of hydrogen-bond acceptors (Lipinski definition) is 2. The van der Waals surface area contributed by atoms with Gasteiger partial charge < -0.3 is 10.4 Å². The van der Waals surface area contributed by atoms with Crippen molar-refractivity contribution in [2.75, 3.05) is 11.9 Å². The van der Waals surface area contributed by atoms with Crippen LogP contribution in [0.4, 0.5) is 10.5 Å². The Hall–Kier alpha value is -2.04. The van der Waals surface area contributed by atoms with Crippen molar-refractivity contribution in [2.45, 2.75) is 32.2 Å². The van der Waals surface area contributed by atoms with E-state index in [0.717, 1.165) is 18.4 Å². The first-order chi connectivity index (χ1) is 9.08. The Balaban J connectivity index is 2.05. The highest BCUT2D eigenvalue weighted by molar-refractivity contribution is 5.96. The molecule has 1 saturated heterocycles. The van der Waals surface area contributed by atoms with E-state index in [4.69, 9.17) is 5.11 Å². The Morgan fingerprint density at radius 2 is 1.95 bits per heavy atom. The third-order valence-electron chi connectivity index (χ3n) is 3.37. The van der Waals surface area contributed by atoms with E-state index >= 15 is 0 Å². The van der Waals surface area contributed by atoms with E-state index in [1.165, 1.54) is 4.90 Å². The first kappa shape index (κ1) is 13.4. The monoisotopic (exact) mass is 262 g/mol. The van der Waals surface area contributed by atoms with Crippen LogP contribution in [0.3, 0.4) is 0 Å². The molecule has 0 spiro atoms. The van der Waals surface area contributed by atoms with Gasteiger partial charge in [0, 0.05) is 12.2 Å². The summed E-state index contributed by atoms with van der Waals surface area (Å²) in [4.78, 5) is 24.5. The van der Waals surface area contributed by atoms with Crippen molar-refractivity contribution in [3.63, 3.8) is 0 Å². The second-order valence-corrected chi connectivity index (χ2v) is 4.84. The first-order valence-electron chi connectivity index (χ1n) is 6.45. The molecule has 1 fully saturated rings. The van der Waals surface area contributed by atoms with Crippen LogP contribution in [0.15, 0.2) is 24.3 Å². The van der Waals surface area contributed by atoms with Crippen LogP contribution in [-0.4, -0.2) is 34.6 Å². The number of amides is 2. The van der Waals surface area contributed by atoms with Crippen molar-refractivity contribution in [2.24, 2.45) is 0 Å². The number of nitrogens with zero attached hydrogens (tertiary/aromatic N) is 1. The van der Waals surface area contributed by atoms with Gasteiger partial charge in [0.1, 0.15) is 6.04 Å². The molecule has 2 rings (SSSR count). The molecule has 2 N–H and O–H groups in total. The minimum absolute atomic E-state index is 0.244. The lowest BCUT2D eigenvalue weighted by Gasteiger charge is -2.32. The summed E-state index contributed by atoms with van der Waals surface area (Å²) < 4.78 is 0. The number of piperidine rings is 1. The Bertz CT molecular complexity index is 470. The number of benzene rings is 1. The normalized spacial score (nSPS) is 19.0. The van der Waals surface area contributed by atoms with Crippen LogP contribution in [0.5, 0.6) is 0 Å². The quantitative estimate of drug-likeness (QED) is 0.860. The van der Waals surface area contributed by atoms with Crippen LogP contribution in [-0.2, 0) is 4.79 Å². The Kier molecular flexibility index (Phi) is 4.04. The molecule has 1 heterocycles. The minimum Gasteiger partial charge on any atom is -0.465 e. The molecule has 2 amide bonds. The summed E-state index contributed by atoms with van der Waals surface area (Å²) in [5.74, 6) is -0.244. The van der Waals surface area contributed by atoms with Gasteiger partial charge in [0.2, 0.25) is 5.91 Å². The highest BCUT2D eigenvalue weighted by Gasteiger charge is 2.31. The summed E-state index contributed by atoms with van der Waals surface area (Å²) in [6.45, 7) is 2.40. The van der Waals surface area contributed by atoms with Gasteiger partial charge in [0.15, 0.2) is 0 Å². The maximum Gasteiger partial charge on any atom is 0.407 e. The fourth-order valence-corrected chi connectivity index (χ4v) is 2.30. The van der Waals surface area contributed by atoms with Gasteiger partial charge in [-0.15, -0.1) is 0 Å². The molecule has 1 aromatic rings. The molecule has 0 saturated carbocycles. The number of carboxylic acid groups (broad SMARTS) is 1. The highest BCUT2D eigenvalue weighted by atomic mass is 16.4. The van der Waals surface area contributed by atoms with Crippen molar-refractivity contribution in [3.8, 4) is 0 Å². The van der Waals surface area contributed by atoms with Crippen LogP contribution in [0.2, 0.25) is 0 Å². The van der Waals surface area contributed by atoms with E-state index in [0.29, 0.717) is 18.7 Å². The van der Waals surface area contributed by atoms with Crippen molar-refractivity contribution in [1.82, 2.24) is 4.90 Å². The molecule has 19 heavy (non-hydrogen) atoms. The van der Waals surface area contributed by atoms with Gasteiger partial charge >= 0.3 is 6.09 Å². The largest absolute Gasteiger partial charge is 0.465 e. The number of rotatable bonds is 2. The van der Waals surface area contributed by atoms with E-state index in [-0.39, 0.29) is 5.91 Å². The molecule has 102 valence electrons. The predicted octanol–water partition coefficient (Wildman–Crippen LogP) is 2.47. The number of nitrogens with one attached hydrogen (secondary N) is 1. The molecule has 1 aliphatic heterocycles. The van der Waals surface area contributed by atoms with E-state index in [2.05, 4.69) is 5.32 Å². The average Bonchev–Trinajstić information content (AvgIpc) is 2.41. The zero-order valence-electron chi connectivity index (χ0n) is 10.9. The van der Waals surface area contributed by atoms with Gasteiger partial charge in [-0.2, -0.15) is 0 Å². The molecule has 0 aliphatic carbocycles. The molecule has 0 radical (unpaired) electrons. The molecule has 0 aromatic heterocycles. The molecule has 5 heteroatoms. The fraction of sp³-hybridized carbons (Fsp3) is 0.429. The van der Waals surface area contributed by atoms with Crippen LogP contribution in [0.25, 0.3) is 0 Å². The Labute approximate surface area is 112 Å². The van der Waals surface area contributed by atoms with Crippen LogP contribution in [0, 0.1) is 6.92 Å². The van der Waals surface area contributed by atoms with E-state index < -0.39 is 12.1 Å². The Morgan fingerprint density at radius 3 is 2.58 bits per heavy atom. The summed E-state index contributed by atoms with van der Waals surface area (Å²) in [5, 5.41) is 11.9. The molecule has 0 unspecified atom stereocenters. The molecular formula is C14H18N2O3. The molecule has 1 atom stereocenters. The number of carbonyl (C=O) groups excluding carboxylic acids is 1. The first-order valence-corrected chi connectivity index (χ1v) is 6.45. The average molecular weight is 262 g/mol. The zero-order chi connectivity index (χ0) is 13.8. The lowest BCUT2D eigenvalue weighted by atomic mass is 10.0.